The Kier molecular flexibility index (Phi) is 8.87. The summed E-state index contributed by atoms with van der Waals surface area (Å²) in [5.41, 5.74) is 8.66. The van der Waals surface area contributed by atoms with E-state index >= 15 is 0 Å². The number of hydrogen-bond donors (Lipinski definition) is 3. The second-order valence-electron chi connectivity index (χ2n) is 8.69. The van der Waals surface area contributed by atoms with Gasteiger partial charge < -0.3 is 21.1 Å². The van der Waals surface area contributed by atoms with E-state index in [0.29, 0.717) is 44.5 Å². The van der Waals surface area contributed by atoms with Crippen LogP contribution in [0.2, 0.25) is 0 Å². The highest BCUT2D eigenvalue weighted by atomic mass is 16.4. The summed E-state index contributed by atoms with van der Waals surface area (Å²) in [4.78, 5) is 38.2. The summed E-state index contributed by atoms with van der Waals surface area (Å²) in [6, 6.07) is 17.5. The van der Waals surface area contributed by atoms with Crippen LogP contribution in [0.15, 0.2) is 54.6 Å². The Labute approximate surface area is 195 Å². The van der Waals surface area contributed by atoms with Crippen LogP contribution in [0.3, 0.4) is 0 Å². The van der Waals surface area contributed by atoms with Crippen LogP contribution in [-0.2, 0) is 27.2 Å². The fraction of sp³-hybridized carbons (Fsp3) is 0.423. The van der Waals surface area contributed by atoms with Gasteiger partial charge in [-0.1, -0.05) is 42.5 Å². The van der Waals surface area contributed by atoms with Crippen molar-refractivity contribution in [2.75, 3.05) is 18.8 Å². The Hall–Kier alpha value is -3.35. The summed E-state index contributed by atoms with van der Waals surface area (Å²) in [6.07, 6.45) is 3.57. The molecule has 2 atom stereocenters. The highest BCUT2D eigenvalue weighted by Gasteiger charge is 2.38. The number of nitrogens with zero attached hydrogens (tertiary/aromatic N) is 1. The van der Waals surface area contributed by atoms with Crippen molar-refractivity contribution >= 4 is 23.5 Å². The van der Waals surface area contributed by atoms with Crippen LogP contribution in [0.25, 0.3) is 0 Å². The van der Waals surface area contributed by atoms with E-state index < -0.39 is 5.97 Å². The van der Waals surface area contributed by atoms with Gasteiger partial charge >= 0.3 is 5.97 Å². The van der Waals surface area contributed by atoms with Gasteiger partial charge in [0.1, 0.15) is 0 Å². The van der Waals surface area contributed by atoms with Crippen molar-refractivity contribution in [2.45, 2.75) is 51.0 Å². The molecule has 7 heteroatoms. The topological polar surface area (TPSA) is 113 Å². The minimum Gasteiger partial charge on any atom is -0.481 e. The molecule has 7 nitrogen and oxygen atoms in total. The zero-order valence-corrected chi connectivity index (χ0v) is 18.9. The molecule has 1 aliphatic heterocycles. The van der Waals surface area contributed by atoms with Gasteiger partial charge in [0.05, 0.1) is 0 Å². The van der Waals surface area contributed by atoms with E-state index in [2.05, 4.69) is 17.4 Å². The molecule has 1 aliphatic rings. The van der Waals surface area contributed by atoms with E-state index in [-0.39, 0.29) is 30.2 Å². The number of carboxylic acids is 1. The van der Waals surface area contributed by atoms with E-state index in [1.807, 2.05) is 47.4 Å². The van der Waals surface area contributed by atoms with Crippen molar-refractivity contribution in [3.8, 4) is 0 Å². The number of amides is 2. The third-order valence-corrected chi connectivity index (χ3v) is 6.20. The van der Waals surface area contributed by atoms with Gasteiger partial charge in [0, 0.05) is 43.6 Å². The quantitative estimate of drug-likeness (QED) is 0.429. The van der Waals surface area contributed by atoms with Crippen LogP contribution < -0.4 is 11.1 Å². The highest BCUT2D eigenvalue weighted by molar-refractivity contribution is 5.82. The Morgan fingerprint density at radius 2 is 1.70 bits per heavy atom. The van der Waals surface area contributed by atoms with E-state index in [9.17, 15) is 14.4 Å². The molecule has 3 rings (SSSR count). The second-order valence-corrected chi connectivity index (χ2v) is 8.69. The third-order valence-electron chi connectivity index (χ3n) is 6.20. The third kappa shape index (κ3) is 7.63. The molecule has 0 radical (unpaired) electrons. The number of nitrogens with two attached hydrogens (primary N) is 1. The van der Waals surface area contributed by atoms with Crippen molar-refractivity contribution in [3.63, 3.8) is 0 Å². The maximum absolute atomic E-state index is 13.0. The summed E-state index contributed by atoms with van der Waals surface area (Å²) in [5, 5.41) is 12.0. The fourth-order valence-electron chi connectivity index (χ4n) is 4.36. The maximum Gasteiger partial charge on any atom is 0.303 e. The van der Waals surface area contributed by atoms with Gasteiger partial charge in [0.15, 0.2) is 0 Å². The van der Waals surface area contributed by atoms with E-state index in [1.165, 1.54) is 5.56 Å². The molecular weight excluding hydrogens is 418 g/mol. The Balaban J connectivity index is 1.52. The highest BCUT2D eigenvalue weighted by Crippen LogP contribution is 2.28. The first-order chi connectivity index (χ1) is 15.9. The molecule has 176 valence electrons. The largest absolute Gasteiger partial charge is 0.481 e. The summed E-state index contributed by atoms with van der Waals surface area (Å²) in [5.74, 6) is -1.24. The molecule has 1 fully saturated rings. The van der Waals surface area contributed by atoms with Crippen molar-refractivity contribution in [3.05, 3.63) is 65.7 Å². The molecule has 0 bridgehead atoms. The number of likely N-dealkylation sites (tertiary alicyclic amines) is 1. The molecule has 0 aliphatic carbocycles. The standard InChI is InChI=1S/C26H33N3O4/c27-22-12-8-20(9-13-22)10-14-24(30)28-18-23-17-21(11-15-25(31)32)26(33)29(23)16-4-7-19-5-2-1-3-6-19/h1-3,5-6,8-9,12-13,21,23H,4,7,10-11,14-18,27H2,(H,28,30)(H,31,32)/t21-,23-/m0/s1. The predicted octanol–water partition coefficient (Wildman–Crippen LogP) is 3.03. The molecule has 2 amide bonds. The van der Waals surface area contributed by atoms with Crippen LogP contribution in [0.1, 0.15) is 43.2 Å². The fourth-order valence-corrected chi connectivity index (χ4v) is 4.36. The number of benzene rings is 2. The van der Waals surface area contributed by atoms with Gasteiger partial charge in [-0.2, -0.15) is 0 Å². The van der Waals surface area contributed by atoms with Crippen molar-refractivity contribution in [2.24, 2.45) is 5.92 Å². The molecule has 1 saturated heterocycles. The van der Waals surface area contributed by atoms with Gasteiger partial charge in [0.25, 0.3) is 0 Å². The molecular formula is C26H33N3O4. The summed E-state index contributed by atoms with van der Waals surface area (Å²) < 4.78 is 0. The SMILES string of the molecule is Nc1ccc(CCC(=O)NC[C@@H]2C[C@H](CCC(=O)O)C(=O)N2CCCc2ccccc2)cc1. The zero-order chi connectivity index (χ0) is 23.6. The van der Waals surface area contributed by atoms with Crippen LogP contribution in [0.4, 0.5) is 5.69 Å². The zero-order valence-electron chi connectivity index (χ0n) is 18.9. The maximum atomic E-state index is 13.0. The number of anilines is 1. The first-order valence-corrected chi connectivity index (χ1v) is 11.6. The lowest BCUT2D eigenvalue weighted by molar-refractivity contribution is -0.138. The molecule has 0 unspecified atom stereocenters. The number of aryl methyl sites for hydroxylation is 2. The van der Waals surface area contributed by atoms with Crippen LogP contribution in [0, 0.1) is 5.92 Å². The number of carbonyl (C=O) groups excluding carboxylic acids is 2. The number of nitrogens with one attached hydrogen (secondary N) is 1. The molecule has 2 aromatic rings. The number of rotatable bonds is 12. The Bertz CT molecular complexity index is 930. The van der Waals surface area contributed by atoms with Gasteiger partial charge in [-0.25, -0.2) is 0 Å². The van der Waals surface area contributed by atoms with E-state index in [0.717, 1.165) is 18.4 Å². The minimum absolute atomic E-state index is 0.00503. The Morgan fingerprint density at radius 1 is 1.00 bits per heavy atom. The lowest BCUT2D eigenvalue weighted by atomic mass is 9.99. The normalized spacial score (nSPS) is 17.8. The number of aliphatic carboxylic acids is 1. The monoisotopic (exact) mass is 451 g/mol. The molecule has 1 heterocycles. The summed E-state index contributed by atoms with van der Waals surface area (Å²) in [6.45, 7) is 0.991. The predicted molar refractivity (Wildman–Crippen MR) is 127 cm³/mol. The number of nitrogen functional groups attached to an aromatic ring is 1. The molecule has 0 saturated carbocycles. The molecule has 4 N–H and O–H groups in total. The minimum atomic E-state index is -0.891. The van der Waals surface area contributed by atoms with Crippen molar-refractivity contribution in [1.82, 2.24) is 10.2 Å². The number of carboxylic acid groups (broad SMARTS) is 1. The lowest BCUT2D eigenvalue weighted by Gasteiger charge is -2.25. The van der Waals surface area contributed by atoms with Crippen molar-refractivity contribution in [1.29, 1.82) is 0 Å². The van der Waals surface area contributed by atoms with Gasteiger partial charge in [-0.15, -0.1) is 0 Å². The van der Waals surface area contributed by atoms with E-state index in [1.54, 1.807) is 0 Å². The van der Waals surface area contributed by atoms with Gasteiger partial charge in [-0.05, 0) is 55.4 Å². The van der Waals surface area contributed by atoms with Crippen LogP contribution in [-0.4, -0.2) is 46.9 Å². The average Bonchev–Trinajstić information content (AvgIpc) is 3.11. The Morgan fingerprint density at radius 3 is 2.39 bits per heavy atom. The average molecular weight is 452 g/mol. The number of carbonyl (C=O) groups is 3. The smallest absolute Gasteiger partial charge is 0.303 e. The second kappa shape index (κ2) is 12.0. The first-order valence-electron chi connectivity index (χ1n) is 11.6. The molecule has 2 aromatic carbocycles. The summed E-state index contributed by atoms with van der Waals surface area (Å²) in [7, 11) is 0. The molecule has 0 aromatic heterocycles. The summed E-state index contributed by atoms with van der Waals surface area (Å²) >= 11 is 0. The van der Waals surface area contributed by atoms with Gasteiger partial charge in [0.2, 0.25) is 11.8 Å². The lowest BCUT2D eigenvalue weighted by Crippen LogP contribution is -2.42. The van der Waals surface area contributed by atoms with Crippen molar-refractivity contribution < 1.29 is 19.5 Å². The van der Waals surface area contributed by atoms with Crippen LogP contribution >= 0.6 is 0 Å². The van der Waals surface area contributed by atoms with Gasteiger partial charge in [-0.3, -0.25) is 14.4 Å². The van der Waals surface area contributed by atoms with Crippen LogP contribution in [0.5, 0.6) is 0 Å². The molecule has 0 spiro atoms. The molecule has 33 heavy (non-hydrogen) atoms. The number of hydrogen-bond acceptors (Lipinski definition) is 4. The first kappa shape index (κ1) is 24.3. The van der Waals surface area contributed by atoms with E-state index in [4.69, 9.17) is 10.8 Å².